The lowest BCUT2D eigenvalue weighted by Gasteiger charge is -2.38. The largest absolute Gasteiger partial charge is 0.427 e. The summed E-state index contributed by atoms with van der Waals surface area (Å²) in [6.45, 7) is 15.8. The summed E-state index contributed by atoms with van der Waals surface area (Å²) in [4.78, 5) is 12.1. The highest BCUT2D eigenvalue weighted by molar-refractivity contribution is 6.74. The van der Waals surface area contributed by atoms with Crippen LogP contribution in [-0.2, 0) is 9.22 Å². The minimum absolute atomic E-state index is 0.174. The van der Waals surface area contributed by atoms with Crippen molar-refractivity contribution in [3.63, 3.8) is 0 Å². The van der Waals surface area contributed by atoms with Crippen molar-refractivity contribution in [2.75, 3.05) is 6.61 Å². The third-order valence-corrected chi connectivity index (χ3v) is 8.71. The van der Waals surface area contributed by atoms with Crippen molar-refractivity contribution in [3.05, 3.63) is 30.3 Å². The highest BCUT2D eigenvalue weighted by Gasteiger charge is 2.38. The zero-order chi connectivity index (χ0) is 17.0. The highest BCUT2D eigenvalue weighted by Crippen LogP contribution is 2.38. The molecule has 0 atom stereocenters. The second kappa shape index (κ2) is 6.96. The molecule has 124 valence electrons. The topological polar surface area (TPSA) is 35.5 Å². The summed E-state index contributed by atoms with van der Waals surface area (Å²) in [5.41, 5.74) is -0.235. The second-order valence-electron chi connectivity index (χ2n) is 8.18. The number of hydrogen-bond acceptors (Lipinski definition) is 3. The average molecular weight is 323 g/mol. The van der Waals surface area contributed by atoms with E-state index >= 15 is 0 Å². The van der Waals surface area contributed by atoms with Gasteiger partial charge in [-0.1, -0.05) is 52.8 Å². The highest BCUT2D eigenvalue weighted by atomic mass is 28.4. The van der Waals surface area contributed by atoms with Crippen LogP contribution >= 0.6 is 0 Å². The molecule has 1 rings (SSSR count). The molecule has 0 aliphatic rings. The number of ether oxygens (including phenoxy) is 1. The standard InChI is InChI=1S/C18H30O3Si/c1-17(2,3)22(6,7)20-14-18(4,5)13-16(19)21-15-11-9-8-10-12-15/h8-12H,13-14H2,1-7H3. The smallest absolute Gasteiger partial charge is 0.311 e. The van der Waals surface area contributed by atoms with Gasteiger partial charge < -0.3 is 9.16 Å². The molecule has 1 aromatic carbocycles. The average Bonchev–Trinajstić information content (AvgIpc) is 2.36. The molecule has 0 aromatic heterocycles. The number of rotatable bonds is 6. The third kappa shape index (κ3) is 5.93. The van der Waals surface area contributed by atoms with Crippen LogP contribution in [-0.4, -0.2) is 20.9 Å². The Morgan fingerprint density at radius 3 is 2.09 bits per heavy atom. The first-order chi connectivity index (χ1) is 9.93. The minimum atomic E-state index is -1.79. The molecule has 22 heavy (non-hydrogen) atoms. The van der Waals surface area contributed by atoms with Gasteiger partial charge in [0.2, 0.25) is 0 Å². The van der Waals surface area contributed by atoms with Crippen LogP contribution in [0.15, 0.2) is 30.3 Å². The molecule has 1 aromatic rings. The predicted molar refractivity (Wildman–Crippen MR) is 93.6 cm³/mol. The van der Waals surface area contributed by atoms with E-state index in [0.29, 0.717) is 18.8 Å². The molecule has 3 nitrogen and oxygen atoms in total. The van der Waals surface area contributed by atoms with Gasteiger partial charge in [0, 0.05) is 6.61 Å². The van der Waals surface area contributed by atoms with Crippen molar-refractivity contribution in [3.8, 4) is 5.75 Å². The molecule has 4 heteroatoms. The Hall–Kier alpha value is -1.13. The van der Waals surface area contributed by atoms with Crippen LogP contribution in [0, 0.1) is 5.41 Å². The molecule has 0 saturated carbocycles. The van der Waals surface area contributed by atoms with Gasteiger partial charge in [0.1, 0.15) is 5.75 Å². The predicted octanol–water partition coefficient (Wildman–Crippen LogP) is 5.03. The number of benzene rings is 1. The number of carbonyl (C=O) groups is 1. The van der Waals surface area contributed by atoms with Crippen molar-refractivity contribution >= 4 is 14.3 Å². The first-order valence-corrected chi connectivity index (χ1v) is 10.7. The normalized spacial score (nSPS) is 13.0. The zero-order valence-corrected chi connectivity index (χ0v) is 16.0. The van der Waals surface area contributed by atoms with E-state index in [1.807, 2.05) is 32.0 Å². The van der Waals surface area contributed by atoms with Crippen LogP contribution in [0.25, 0.3) is 0 Å². The lowest BCUT2D eigenvalue weighted by Crippen LogP contribution is -2.43. The maximum atomic E-state index is 12.1. The second-order valence-corrected chi connectivity index (χ2v) is 13.0. The van der Waals surface area contributed by atoms with Gasteiger partial charge in [-0.15, -0.1) is 0 Å². The van der Waals surface area contributed by atoms with E-state index in [1.165, 1.54) is 0 Å². The van der Waals surface area contributed by atoms with E-state index in [1.54, 1.807) is 12.1 Å². The Balaban J connectivity index is 2.55. The Labute approximate surface area is 136 Å². The van der Waals surface area contributed by atoms with Crippen LogP contribution in [0.1, 0.15) is 41.0 Å². The molecule has 0 aliphatic carbocycles. The number of hydrogen-bond donors (Lipinski definition) is 0. The van der Waals surface area contributed by atoms with Crippen molar-refractivity contribution in [1.82, 2.24) is 0 Å². The first kappa shape index (κ1) is 18.9. The quantitative estimate of drug-likeness (QED) is 0.418. The van der Waals surface area contributed by atoms with Crippen molar-refractivity contribution in [2.45, 2.75) is 59.2 Å². The van der Waals surface area contributed by atoms with E-state index in [-0.39, 0.29) is 16.4 Å². The summed E-state index contributed by atoms with van der Waals surface area (Å²) in [7, 11) is -1.79. The lowest BCUT2D eigenvalue weighted by molar-refractivity contribution is -0.137. The molecular formula is C18H30O3Si. The van der Waals surface area contributed by atoms with E-state index in [0.717, 1.165) is 0 Å². The number of esters is 1. The summed E-state index contributed by atoms with van der Waals surface area (Å²) >= 11 is 0. The molecular weight excluding hydrogens is 292 g/mol. The summed E-state index contributed by atoms with van der Waals surface area (Å²) in [6.07, 6.45) is 0.344. The van der Waals surface area contributed by atoms with E-state index in [4.69, 9.17) is 9.16 Å². The Morgan fingerprint density at radius 1 is 1.05 bits per heavy atom. The fourth-order valence-electron chi connectivity index (χ4n) is 1.69. The first-order valence-electron chi connectivity index (χ1n) is 7.83. The van der Waals surface area contributed by atoms with Crippen LogP contribution in [0.4, 0.5) is 0 Å². The van der Waals surface area contributed by atoms with Crippen molar-refractivity contribution < 1.29 is 14.0 Å². The fourth-order valence-corrected chi connectivity index (χ4v) is 2.87. The third-order valence-electron chi connectivity index (χ3n) is 4.23. The molecule has 0 bridgehead atoms. The molecule has 0 unspecified atom stereocenters. The van der Waals surface area contributed by atoms with Gasteiger partial charge in [0.25, 0.3) is 0 Å². The van der Waals surface area contributed by atoms with Crippen LogP contribution in [0.2, 0.25) is 18.1 Å². The van der Waals surface area contributed by atoms with Crippen LogP contribution in [0.5, 0.6) is 5.75 Å². The van der Waals surface area contributed by atoms with Gasteiger partial charge in [-0.2, -0.15) is 0 Å². The maximum Gasteiger partial charge on any atom is 0.311 e. The molecule has 0 fully saturated rings. The molecule has 0 heterocycles. The van der Waals surface area contributed by atoms with Gasteiger partial charge in [0.05, 0.1) is 6.42 Å². The van der Waals surface area contributed by atoms with Gasteiger partial charge >= 0.3 is 5.97 Å². The van der Waals surface area contributed by atoms with Gasteiger partial charge in [-0.25, -0.2) is 0 Å². The summed E-state index contributed by atoms with van der Waals surface area (Å²) in [5.74, 6) is 0.378. The van der Waals surface area contributed by atoms with Gasteiger partial charge in [0.15, 0.2) is 8.32 Å². The van der Waals surface area contributed by atoms with Crippen LogP contribution < -0.4 is 4.74 Å². The molecule has 0 aliphatic heterocycles. The van der Waals surface area contributed by atoms with E-state index < -0.39 is 8.32 Å². The summed E-state index contributed by atoms with van der Waals surface area (Å²) in [6, 6.07) is 9.19. The van der Waals surface area contributed by atoms with Crippen molar-refractivity contribution in [1.29, 1.82) is 0 Å². The Bertz CT molecular complexity index is 487. The van der Waals surface area contributed by atoms with Crippen LogP contribution in [0.3, 0.4) is 0 Å². The SMILES string of the molecule is CC(C)(CO[Si](C)(C)C(C)(C)C)CC(=O)Oc1ccccc1. The Kier molecular flexibility index (Phi) is 5.99. The van der Waals surface area contributed by atoms with Crippen molar-refractivity contribution in [2.24, 2.45) is 5.41 Å². The summed E-state index contributed by atoms with van der Waals surface area (Å²) in [5, 5.41) is 0.174. The molecule has 0 spiro atoms. The van der Waals surface area contributed by atoms with Gasteiger partial charge in [-0.3, -0.25) is 4.79 Å². The molecule has 0 amide bonds. The monoisotopic (exact) mass is 322 g/mol. The lowest BCUT2D eigenvalue weighted by atomic mass is 9.91. The maximum absolute atomic E-state index is 12.1. The van der Waals surface area contributed by atoms with Gasteiger partial charge in [-0.05, 0) is 35.7 Å². The zero-order valence-electron chi connectivity index (χ0n) is 15.0. The fraction of sp³-hybridized carbons (Fsp3) is 0.611. The summed E-state index contributed by atoms with van der Waals surface area (Å²) < 4.78 is 11.6. The van der Waals surface area contributed by atoms with E-state index in [9.17, 15) is 4.79 Å². The minimum Gasteiger partial charge on any atom is -0.427 e. The van der Waals surface area contributed by atoms with E-state index in [2.05, 4.69) is 33.9 Å². The molecule has 0 radical (unpaired) electrons. The molecule has 0 N–H and O–H groups in total. The molecule has 0 saturated heterocycles. The number of para-hydroxylation sites is 1. The Morgan fingerprint density at radius 2 is 1.59 bits per heavy atom. The number of carbonyl (C=O) groups excluding carboxylic acids is 1.